The lowest BCUT2D eigenvalue weighted by atomic mass is 10.1. The largest absolute Gasteiger partial charge is 0.493 e. The number of rotatable bonds is 13. The quantitative estimate of drug-likeness (QED) is 0.244. The van der Waals surface area contributed by atoms with Gasteiger partial charge in [-0.3, -0.25) is 4.79 Å². The monoisotopic (exact) mass is 573 g/mol. The number of aliphatic carboxylic acids is 1. The molecule has 8 nitrogen and oxygen atoms in total. The number of benzene rings is 3. The molecule has 10 heteroatoms. The first kappa shape index (κ1) is 28.7. The lowest BCUT2D eigenvalue weighted by molar-refractivity contribution is -0.140. The van der Waals surface area contributed by atoms with Crippen LogP contribution in [0, 0.1) is 0 Å². The summed E-state index contributed by atoms with van der Waals surface area (Å²) in [5.41, 5.74) is 1.06. The van der Waals surface area contributed by atoms with Crippen LogP contribution in [-0.2, 0) is 21.2 Å². The summed E-state index contributed by atoms with van der Waals surface area (Å²) in [4.78, 5) is 11.4. The molecule has 39 heavy (non-hydrogen) atoms. The zero-order valence-corrected chi connectivity index (χ0v) is 23.3. The third kappa shape index (κ3) is 7.23. The number of nitrogens with zero attached hydrogens (tertiary/aromatic N) is 1. The molecule has 0 bridgehead atoms. The van der Waals surface area contributed by atoms with Gasteiger partial charge in [0, 0.05) is 13.0 Å². The van der Waals surface area contributed by atoms with Crippen molar-refractivity contribution in [2.45, 2.75) is 50.0 Å². The van der Waals surface area contributed by atoms with Gasteiger partial charge in [-0.05, 0) is 73.4 Å². The Labute approximate surface area is 234 Å². The number of hydrogen-bond donors (Lipinski definition) is 1. The van der Waals surface area contributed by atoms with E-state index in [0.29, 0.717) is 31.8 Å². The van der Waals surface area contributed by atoms with Gasteiger partial charge in [0.1, 0.15) is 29.0 Å². The molecule has 3 aromatic carbocycles. The zero-order chi connectivity index (χ0) is 27.8. The number of carbonyl (C=O) groups is 1. The second-order valence-corrected chi connectivity index (χ2v) is 11.5. The number of para-hydroxylation sites is 1. The minimum atomic E-state index is -3.98. The topological polar surface area (TPSA) is 102 Å². The Morgan fingerprint density at radius 2 is 1.72 bits per heavy atom. The highest BCUT2D eigenvalue weighted by atomic mass is 35.5. The molecule has 0 saturated carbocycles. The molecule has 0 aliphatic carbocycles. The van der Waals surface area contributed by atoms with Gasteiger partial charge in [0.2, 0.25) is 10.0 Å². The number of carboxylic acid groups (broad SMARTS) is 1. The molecule has 208 valence electrons. The van der Waals surface area contributed by atoms with E-state index in [1.165, 1.54) is 18.2 Å². The fourth-order valence-electron chi connectivity index (χ4n) is 4.44. The van der Waals surface area contributed by atoms with Crippen LogP contribution >= 0.6 is 11.6 Å². The van der Waals surface area contributed by atoms with Crippen LogP contribution in [0.2, 0.25) is 5.02 Å². The van der Waals surface area contributed by atoms with Crippen molar-refractivity contribution >= 4 is 27.6 Å². The summed E-state index contributed by atoms with van der Waals surface area (Å²) in [6.07, 6.45) is 3.19. The molecule has 0 spiro atoms. The Hall–Kier alpha value is -3.27. The predicted octanol–water partition coefficient (Wildman–Crippen LogP) is 6.17. The standard InChI is InChI=1S/C29H32ClNO7S/c1-2-8-21-19-23(38-22-9-4-3-5-10-22)12-14-27(21)36-17-7-18-37-28-15-13-24(20-25(28)30)39(34,35)31-16-6-11-26(31)29(32)33/h3-5,9-10,12-15,19-20,26H,2,6-8,11,16-18H2,1H3,(H,32,33). The Morgan fingerprint density at radius 3 is 2.41 bits per heavy atom. The van der Waals surface area contributed by atoms with E-state index in [0.717, 1.165) is 40.0 Å². The van der Waals surface area contributed by atoms with Crippen molar-refractivity contribution in [2.24, 2.45) is 0 Å². The molecule has 4 rings (SSSR count). The highest BCUT2D eigenvalue weighted by Crippen LogP contribution is 2.32. The second kappa shape index (κ2) is 13.2. The summed E-state index contributed by atoms with van der Waals surface area (Å²) in [6.45, 7) is 3.01. The van der Waals surface area contributed by atoms with E-state index < -0.39 is 22.0 Å². The average Bonchev–Trinajstić information content (AvgIpc) is 3.43. The van der Waals surface area contributed by atoms with Crippen LogP contribution in [0.3, 0.4) is 0 Å². The Bertz CT molecular complexity index is 1380. The summed E-state index contributed by atoms with van der Waals surface area (Å²) in [5.74, 6) is 1.52. The van der Waals surface area contributed by atoms with Crippen molar-refractivity contribution < 1.29 is 32.5 Å². The van der Waals surface area contributed by atoms with Crippen molar-refractivity contribution in [2.75, 3.05) is 19.8 Å². The Balaban J connectivity index is 1.30. The number of ether oxygens (including phenoxy) is 3. The summed E-state index contributed by atoms with van der Waals surface area (Å²) >= 11 is 6.31. The van der Waals surface area contributed by atoms with Gasteiger partial charge in [-0.1, -0.05) is 43.1 Å². The molecule has 1 fully saturated rings. The molecular weight excluding hydrogens is 542 g/mol. The first-order chi connectivity index (χ1) is 18.8. The van der Waals surface area contributed by atoms with Gasteiger partial charge >= 0.3 is 5.97 Å². The molecule has 1 saturated heterocycles. The number of aryl methyl sites for hydroxylation is 1. The van der Waals surface area contributed by atoms with Gasteiger partial charge in [-0.15, -0.1) is 0 Å². The average molecular weight is 574 g/mol. The Kier molecular flexibility index (Phi) is 9.72. The van der Waals surface area contributed by atoms with E-state index in [-0.39, 0.29) is 22.9 Å². The normalized spacial score (nSPS) is 15.7. The maximum atomic E-state index is 13.0. The van der Waals surface area contributed by atoms with Crippen LogP contribution in [0.1, 0.15) is 38.2 Å². The smallest absolute Gasteiger partial charge is 0.322 e. The lowest BCUT2D eigenvalue weighted by Crippen LogP contribution is -2.40. The molecule has 0 radical (unpaired) electrons. The molecule has 1 unspecified atom stereocenters. The molecular formula is C29H32ClNO7S. The van der Waals surface area contributed by atoms with Crippen LogP contribution < -0.4 is 14.2 Å². The molecule has 0 aromatic heterocycles. The lowest BCUT2D eigenvalue weighted by Gasteiger charge is -2.21. The molecule has 3 aromatic rings. The van der Waals surface area contributed by atoms with Crippen molar-refractivity contribution in [1.29, 1.82) is 0 Å². The minimum absolute atomic E-state index is 0.0560. The van der Waals surface area contributed by atoms with Crippen LogP contribution in [0.25, 0.3) is 0 Å². The number of carboxylic acids is 1. The Morgan fingerprint density at radius 1 is 1.00 bits per heavy atom. The SMILES string of the molecule is CCCc1cc(Oc2ccccc2)ccc1OCCCOc1ccc(S(=O)(=O)N2CCCC2C(=O)O)cc1Cl. The van der Waals surface area contributed by atoms with E-state index in [4.69, 9.17) is 25.8 Å². The summed E-state index contributed by atoms with van der Waals surface area (Å²) in [6, 6.07) is 18.5. The highest BCUT2D eigenvalue weighted by Gasteiger charge is 2.39. The number of halogens is 1. The van der Waals surface area contributed by atoms with Crippen LogP contribution in [0.4, 0.5) is 0 Å². The third-order valence-electron chi connectivity index (χ3n) is 6.33. The van der Waals surface area contributed by atoms with Crippen molar-refractivity contribution in [3.63, 3.8) is 0 Å². The third-order valence-corrected chi connectivity index (χ3v) is 8.53. The fraction of sp³-hybridized carbons (Fsp3) is 0.345. The van der Waals surface area contributed by atoms with Gasteiger partial charge in [-0.2, -0.15) is 4.31 Å². The minimum Gasteiger partial charge on any atom is -0.493 e. The molecule has 1 aliphatic heterocycles. The van der Waals surface area contributed by atoms with Gasteiger partial charge in [-0.25, -0.2) is 8.42 Å². The number of sulfonamides is 1. The molecule has 0 amide bonds. The van der Waals surface area contributed by atoms with Crippen LogP contribution in [-0.4, -0.2) is 49.6 Å². The maximum absolute atomic E-state index is 13.0. The van der Waals surface area contributed by atoms with Crippen molar-refractivity contribution in [3.8, 4) is 23.0 Å². The zero-order valence-electron chi connectivity index (χ0n) is 21.7. The molecule has 1 heterocycles. The molecule has 1 atom stereocenters. The summed E-state index contributed by atoms with van der Waals surface area (Å²) in [7, 11) is -3.98. The van der Waals surface area contributed by atoms with Gasteiger partial charge in [0.15, 0.2) is 0 Å². The first-order valence-corrected chi connectivity index (χ1v) is 14.8. The first-order valence-electron chi connectivity index (χ1n) is 12.9. The van der Waals surface area contributed by atoms with Crippen LogP contribution in [0.5, 0.6) is 23.0 Å². The van der Waals surface area contributed by atoms with Gasteiger partial charge in [0.05, 0.1) is 23.1 Å². The van der Waals surface area contributed by atoms with E-state index in [1.807, 2.05) is 48.5 Å². The predicted molar refractivity (Wildman–Crippen MR) is 149 cm³/mol. The van der Waals surface area contributed by atoms with Crippen molar-refractivity contribution in [1.82, 2.24) is 4.31 Å². The van der Waals surface area contributed by atoms with E-state index >= 15 is 0 Å². The van der Waals surface area contributed by atoms with Crippen LogP contribution in [0.15, 0.2) is 71.6 Å². The number of hydrogen-bond acceptors (Lipinski definition) is 6. The summed E-state index contributed by atoms with van der Waals surface area (Å²) < 4.78 is 44.7. The summed E-state index contributed by atoms with van der Waals surface area (Å²) in [5, 5.41) is 9.49. The maximum Gasteiger partial charge on any atom is 0.322 e. The molecule has 1 N–H and O–H groups in total. The van der Waals surface area contributed by atoms with E-state index in [1.54, 1.807) is 0 Å². The fourth-order valence-corrected chi connectivity index (χ4v) is 6.42. The van der Waals surface area contributed by atoms with E-state index in [2.05, 4.69) is 6.92 Å². The van der Waals surface area contributed by atoms with Gasteiger partial charge < -0.3 is 19.3 Å². The van der Waals surface area contributed by atoms with Crippen molar-refractivity contribution in [3.05, 3.63) is 77.3 Å². The highest BCUT2D eigenvalue weighted by molar-refractivity contribution is 7.89. The second-order valence-electron chi connectivity index (χ2n) is 9.19. The van der Waals surface area contributed by atoms with Gasteiger partial charge in [0.25, 0.3) is 0 Å². The molecule has 1 aliphatic rings. The van der Waals surface area contributed by atoms with E-state index in [9.17, 15) is 18.3 Å².